The molecule has 0 radical (unpaired) electrons. The van der Waals surface area contributed by atoms with Crippen molar-refractivity contribution >= 4 is 51.3 Å². The number of carbonyl (C=O) groups is 1. The Labute approximate surface area is 214 Å². The summed E-state index contributed by atoms with van der Waals surface area (Å²) in [4.78, 5) is 27.7. The number of para-hydroxylation sites is 1. The first-order chi connectivity index (χ1) is 19.2. The first-order valence-electron chi connectivity index (χ1n) is 14.2. The number of hydrogen-bond donors (Lipinski definition) is 3. The highest BCUT2D eigenvalue weighted by atomic mass is 35.5. The molecule has 0 unspecified atom stereocenters. The van der Waals surface area contributed by atoms with Crippen molar-refractivity contribution < 1.29 is 22.2 Å². The number of aromatic nitrogens is 3. The van der Waals surface area contributed by atoms with Crippen LogP contribution in [0.1, 0.15) is 33.4 Å². The van der Waals surface area contributed by atoms with E-state index in [1.165, 1.54) is 37.4 Å². The normalized spacial score (nSPS) is 22.3. The van der Waals surface area contributed by atoms with Gasteiger partial charge in [-0.15, -0.1) is 0 Å². The first-order valence-corrected chi connectivity index (χ1v) is 10.9. The van der Waals surface area contributed by atoms with Gasteiger partial charge in [0.05, 0.1) is 31.7 Å². The number of halogens is 1. The number of nitrogens with one attached hydrogen (secondary N) is 2. The number of benzene rings is 1. The second kappa shape index (κ2) is 10.4. The van der Waals surface area contributed by atoms with E-state index < -0.39 is 51.9 Å². The molecule has 9 nitrogen and oxygen atoms in total. The van der Waals surface area contributed by atoms with Crippen molar-refractivity contribution in [2.45, 2.75) is 13.8 Å². The van der Waals surface area contributed by atoms with E-state index in [1.54, 1.807) is 0 Å². The molecule has 2 aromatic heterocycles. The van der Waals surface area contributed by atoms with Gasteiger partial charge in [-0.05, 0) is 25.4 Å². The molecule has 11 heteroatoms. The molecule has 1 amide bonds. The van der Waals surface area contributed by atoms with Gasteiger partial charge in [0.15, 0.2) is 5.13 Å². The fraction of sp³-hybridized carbons (Fsp3) is 0.364. The molecule has 3 aromatic rings. The van der Waals surface area contributed by atoms with Crippen molar-refractivity contribution in [3.63, 3.8) is 0 Å². The average Bonchev–Trinajstić information content (AvgIpc) is 3.25. The summed E-state index contributed by atoms with van der Waals surface area (Å²) in [6, 6.07) is 5.59. The minimum Gasteiger partial charge on any atom is -0.395 e. The number of anilines is 4. The van der Waals surface area contributed by atoms with E-state index in [-0.39, 0.29) is 43.7 Å². The van der Waals surface area contributed by atoms with E-state index in [9.17, 15) is 9.90 Å². The second-order valence-electron chi connectivity index (χ2n) is 6.88. The SMILES string of the molecule is [2H]C([2H])(O)CN1CC([2H])([2H])N(c2cc(Nc3ncc(C(=O)Nc4c(Cl)cccc4C([2H])([2H])[2H])s3)nc(C)n2)C([2H])([2H])C1. The number of aryl methyl sites for hydroxylation is 2. The third-order valence-corrected chi connectivity index (χ3v) is 5.70. The molecule has 4 rings (SSSR count). The van der Waals surface area contributed by atoms with Crippen molar-refractivity contribution in [3.8, 4) is 0 Å². The molecule has 1 fully saturated rings. The van der Waals surface area contributed by atoms with Gasteiger partial charge in [-0.1, -0.05) is 35.1 Å². The maximum atomic E-state index is 12.9. The van der Waals surface area contributed by atoms with Crippen LogP contribution in [0.2, 0.25) is 5.02 Å². The van der Waals surface area contributed by atoms with Gasteiger partial charge in [0, 0.05) is 42.8 Å². The Bertz CT molecular complexity index is 1470. The van der Waals surface area contributed by atoms with Crippen LogP contribution in [0, 0.1) is 13.8 Å². The van der Waals surface area contributed by atoms with Crippen molar-refractivity contribution in [2.24, 2.45) is 0 Å². The molecule has 0 bridgehead atoms. The van der Waals surface area contributed by atoms with Gasteiger partial charge in [0.1, 0.15) is 22.3 Å². The first kappa shape index (κ1) is 14.5. The minimum absolute atomic E-state index is 0.0399. The van der Waals surface area contributed by atoms with Crippen molar-refractivity contribution in [3.05, 3.63) is 51.7 Å². The second-order valence-corrected chi connectivity index (χ2v) is 8.32. The van der Waals surface area contributed by atoms with Crippen molar-refractivity contribution in [1.29, 1.82) is 0 Å². The van der Waals surface area contributed by atoms with Gasteiger partial charge in [-0.2, -0.15) is 0 Å². The number of rotatable bonds is 7. The van der Waals surface area contributed by atoms with Crippen molar-refractivity contribution in [2.75, 3.05) is 54.7 Å². The predicted molar refractivity (Wildman–Crippen MR) is 132 cm³/mol. The Hall–Kier alpha value is -2.79. The third kappa shape index (κ3) is 5.77. The third-order valence-electron chi connectivity index (χ3n) is 4.47. The largest absolute Gasteiger partial charge is 0.395 e. The lowest BCUT2D eigenvalue weighted by atomic mass is 10.2. The number of aliphatic hydroxyl groups is 1. The van der Waals surface area contributed by atoms with Crippen LogP contribution in [-0.2, 0) is 0 Å². The minimum atomic E-state index is -2.63. The molecule has 1 aliphatic heterocycles. The van der Waals surface area contributed by atoms with E-state index in [2.05, 4.69) is 25.6 Å². The zero-order valence-electron chi connectivity index (χ0n) is 26.4. The molecule has 174 valence electrons. The Morgan fingerprint density at radius 1 is 1.39 bits per heavy atom. The molecule has 0 atom stereocenters. The quantitative estimate of drug-likeness (QED) is 0.457. The Morgan fingerprint density at radius 2 is 2.21 bits per heavy atom. The summed E-state index contributed by atoms with van der Waals surface area (Å²) in [6.07, 6.45) is 1.26. The van der Waals surface area contributed by atoms with Gasteiger partial charge in [-0.25, -0.2) is 15.0 Å². The van der Waals surface area contributed by atoms with E-state index in [1.807, 2.05) is 0 Å². The molecule has 0 spiro atoms. The molecular formula is C22H26ClN7O2S. The lowest BCUT2D eigenvalue weighted by molar-refractivity contribution is 0.103. The summed E-state index contributed by atoms with van der Waals surface area (Å²) >= 11 is 7.08. The number of hydrogen-bond acceptors (Lipinski definition) is 9. The summed E-state index contributed by atoms with van der Waals surface area (Å²) in [5.74, 6) is -0.418. The fourth-order valence-corrected chi connectivity index (χ4v) is 3.87. The number of thiazole rings is 1. The summed E-state index contributed by atoms with van der Waals surface area (Å²) in [6.45, 7) is -9.69. The van der Waals surface area contributed by atoms with Crippen molar-refractivity contribution in [1.82, 2.24) is 19.9 Å². The lowest BCUT2D eigenvalue weighted by Gasteiger charge is -2.35. The van der Waals surface area contributed by atoms with Gasteiger partial charge in [0.25, 0.3) is 5.91 Å². The number of nitrogens with zero attached hydrogens (tertiary/aromatic N) is 5. The van der Waals surface area contributed by atoms with Crippen LogP contribution in [0.25, 0.3) is 0 Å². The molecule has 0 aliphatic carbocycles. The lowest BCUT2D eigenvalue weighted by Crippen LogP contribution is -2.47. The van der Waals surface area contributed by atoms with Gasteiger partial charge in [0.2, 0.25) is 0 Å². The zero-order chi connectivity index (χ0) is 31.3. The highest BCUT2D eigenvalue weighted by Gasteiger charge is 2.19. The van der Waals surface area contributed by atoms with E-state index >= 15 is 0 Å². The Kier molecular flexibility index (Phi) is 4.57. The van der Waals surface area contributed by atoms with E-state index in [0.717, 1.165) is 21.1 Å². The fourth-order valence-electron chi connectivity index (χ4n) is 2.93. The molecule has 1 aromatic carbocycles. The average molecular weight is 497 g/mol. The van der Waals surface area contributed by atoms with Crippen LogP contribution in [0.4, 0.5) is 22.5 Å². The number of piperazine rings is 1. The van der Waals surface area contributed by atoms with Crippen LogP contribution >= 0.6 is 22.9 Å². The van der Waals surface area contributed by atoms with Gasteiger partial charge >= 0.3 is 0 Å². The maximum absolute atomic E-state index is 12.9. The number of carbonyl (C=O) groups excluding carboxylic acids is 1. The standard InChI is InChI=1S/C22H26ClN7O2S/c1-14-4-3-5-16(23)20(14)28-21(32)17-13-24-22(33-17)27-18-12-19(26-15(2)25-18)30-8-6-29(7-9-30)10-11-31/h3-5,12-13,31H,6-11H2,1-2H3,(H,28,32)(H,24,25,26,27)/i1D3,8D2,9D2,11D2. The number of amides is 1. The Morgan fingerprint density at radius 3 is 2.97 bits per heavy atom. The summed E-state index contributed by atoms with van der Waals surface area (Å²) < 4.78 is 71.9. The van der Waals surface area contributed by atoms with Crippen LogP contribution in [-0.4, -0.2) is 70.1 Å². The molecule has 3 N–H and O–H groups in total. The molecule has 0 saturated carbocycles. The molecular weight excluding hydrogens is 462 g/mol. The molecule has 3 heterocycles. The van der Waals surface area contributed by atoms with E-state index in [4.69, 9.17) is 23.9 Å². The summed E-state index contributed by atoms with van der Waals surface area (Å²) in [7, 11) is 0. The Balaban J connectivity index is 1.55. The van der Waals surface area contributed by atoms with Crippen LogP contribution in [0.5, 0.6) is 0 Å². The van der Waals surface area contributed by atoms with E-state index in [0.29, 0.717) is 0 Å². The zero-order valence-corrected chi connectivity index (χ0v) is 19.0. The predicted octanol–water partition coefficient (Wildman–Crippen LogP) is 3.31. The number of β-amino-alcohol motifs (C(OH)–C–C–N with tert-alkyl or cyclic N) is 1. The highest BCUT2D eigenvalue weighted by molar-refractivity contribution is 7.17. The van der Waals surface area contributed by atoms with Crippen LogP contribution < -0.4 is 15.5 Å². The highest BCUT2D eigenvalue weighted by Crippen LogP contribution is 2.28. The van der Waals surface area contributed by atoms with Gasteiger partial charge < -0.3 is 20.6 Å². The van der Waals surface area contributed by atoms with Crippen LogP contribution in [0.15, 0.2) is 30.5 Å². The monoisotopic (exact) mass is 496 g/mol. The maximum Gasteiger partial charge on any atom is 0.267 e. The topological polar surface area (TPSA) is 107 Å². The van der Waals surface area contributed by atoms with Gasteiger partial charge in [-0.3, -0.25) is 9.69 Å². The smallest absolute Gasteiger partial charge is 0.267 e. The summed E-state index contributed by atoms with van der Waals surface area (Å²) in [5, 5.41) is 15.2. The summed E-state index contributed by atoms with van der Waals surface area (Å²) in [5.41, 5.74) is -0.159. The molecule has 33 heavy (non-hydrogen) atoms. The molecule has 1 aliphatic rings. The molecule has 1 saturated heterocycles. The van der Waals surface area contributed by atoms with Crippen LogP contribution in [0.3, 0.4) is 0 Å².